The Morgan fingerprint density at radius 2 is 2.11 bits per heavy atom. The molecule has 0 aliphatic rings. The van der Waals surface area contributed by atoms with Crippen molar-refractivity contribution in [3.8, 4) is 0 Å². The third kappa shape index (κ3) is 3.74. The van der Waals surface area contributed by atoms with E-state index in [1.807, 2.05) is 13.8 Å². The average molecular weight is 269 g/mol. The van der Waals surface area contributed by atoms with Crippen LogP contribution in [0.25, 0.3) is 0 Å². The van der Waals surface area contributed by atoms with Gasteiger partial charge in [-0.3, -0.25) is 9.59 Å². The summed E-state index contributed by atoms with van der Waals surface area (Å²) in [6.07, 6.45) is 1.77. The van der Waals surface area contributed by atoms with E-state index in [9.17, 15) is 9.59 Å². The van der Waals surface area contributed by atoms with E-state index in [4.69, 9.17) is 17.3 Å². The molecule has 0 bridgehead atoms. The van der Waals surface area contributed by atoms with Crippen LogP contribution in [0.5, 0.6) is 0 Å². The van der Waals surface area contributed by atoms with Crippen molar-refractivity contribution in [1.29, 1.82) is 0 Å². The van der Waals surface area contributed by atoms with E-state index < -0.39 is 5.91 Å². The van der Waals surface area contributed by atoms with E-state index in [0.29, 0.717) is 5.69 Å². The molecule has 18 heavy (non-hydrogen) atoms. The van der Waals surface area contributed by atoms with Crippen molar-refractivity contribution in [2.75, 3.05) is 5.32 Å². The molecule has 0 aromatic heterocycles. The molecule has 0 aliphatic heterocycles. The minimum atomic E-state index is -0.613. The molecule has 3 N–H and O–H groups in total. The first-order valence-corrected chi connectivity index (χ1v) is 6.23. The van der Waals surface area contributed by atoms with Gasteiger partial charge >= 0.3 is 0 Å². The Hall–Kier alpha value is -1.55. The summed E-state index contributed by atoms with van der Waals surface area (Å²) in [7, 11) is 0. The predicted octanol–water partition coefficient (Wildman–Crippen LogP) is 2.81. The molecule has 0 saturated carbocycles. The summed E-state index contributed by atoms with van der Waals surface area (Å²) in [5, 5.41) is 3.02. The van der Waals surface area contributed by atoms with Gasteiger partial charge in [0.2, 0.25) is 11.8 Å². The quantitative estimate of drug-likeness (QED) is 0.862. The van der Waals surface area contributed by atoms with Crippen LogP contribution in [-0.2, 0) is 4.79 Å². The lowest BCUT2D eigenvalue weighted by atomic mass is 10.1. The average Bonchev–Trinajstić information content (AvgIpc) is 2.31. The molecule has 0 aliphatic carbocycles. The third-order valence-electron chi connectivity index (χ3n) is 2.67. The smallest absolute Gasteiger partial charge is 0.250 e. The number of carbonyl (C=O) groups excluding carboxylic acids is 2. The normalized spacial score (nSPS) is 11.9. The van der Waals surface area contributed by atoms with E-state index in [-0.39, 0.29) is 22.4 Å². The second-order valence-electron chi connectivity index (χ2n) is 4.24. The summed E-state index contributed by atoms with van der Waals surface area (Å²) in [6.45, 7) is 3.89. The number of anilines is 1. The minimum absolute atomic E-state index is 0.0669. The standard InChI is InChI=1S/C13H17ClN2O2/c1-3-4-8(2)13(18)16-9-5-6-11(14)10(7-9)12(15)17/h5-8H,3-4H2,1-2H3,(H2,15,17)(H,16,18). The Bertz CT molecular complexity index is 460. The number of benzene rings is 1. The first-order chi connectivity index (χ1) is 8.45. The zero-order valence-corrected chi connectivity index (χ0v) is 11.3. The monoisotopic (exact) mass is 268 g/mol. The Balaban J connectivity index is 2.82. The van der Waals surface area contributed by atoms with E-state index in [2.05, 4.69) is 5.32 Å². The number of halogens is 1. The largest absolute Gasteiger partial charge is 0.366 e. The number of nitrogens with two attached hydrogens (primary N) is 1. The molecule has 2 amide bonds. The number of rotatable bonds is 5. The van der Waals surface area contributed by atoms with E-state index in [0.717, 1.165) is 12.8 Å². The fourth-order valence-electron chi connectivity index (χ4n) is 1.62. The van der Waals surface area contributed by atoms with Gasteiger partial charge in [0.15, 0.2) is 0 Å². The first-order valence-electron chi connectivity index (χ1n) is 5.86. The fraction of sp³-hybridized carbons (Fsp3) is 0.385. The molecule has 1 rings (SSSR count). The van der Waals surface area contributed by atoms with Gasteiger partial charge in [-0.15, -0.1) is 0 Å². The Kier molecular flexibility index (Phi) is 5.16. The highest BCUT2D eigenvalue weighted by molar-refractivity contribution is 6.33. The van der Waals surface area contributed by atoms with Crippen LogP contribution >= 0.6 is 11.6 Å². The van der Waals surface area contributed by atoms with Gasteiger partial charge in [0.05, 0.1) is 10.6 Å². The van der Waals surface area contributed by atoms with Crippen molar-refractivity contribution >= 4 is 29.1 Å². The van der Waals surface area contributed by atoms with Crippen molar-refractivity contribution in [2.24, 2.45) is 11.7 Å². The zero-order valence-electron chi connectivity index (χ0n) is 10.5. The molecule has 1 unspecified atom stereocenters. The highest BCUT2D eigenvalue weighted by Gasteiger charge is 2.13. The van der Waals surface area contributed by atoms with Gasteiger partial charge in [-0.2, -0.15) is 0 Å². The van der Waals surface area contributed by atoms with Crippen LogP contribution in [0.3, 0.4) is 0 Å². The summed E-state index contributed by atoms with van der Waals surface area (Å²) >= 11 is 5.83. The molecule has 4 nitrogen and oxygen atoms in total. The number of amides is 2. The number of hydrogen-bond acceptors (Lipinski definition) is 2. The van der Waals surface area contributed by atoms with Crippen LogP contribution in [0.15, 0.2) is 18.2 Å². The number of hydrogen-bond donors (Lipinski definition) is 2. The van der Waals surface area contributed by atoms with E-state index >= 15 is 0 Å². The molecule has 1 atom stereocenters. The second-order valence-corrected chi connectivity index (χ2v) is 4.65. The zero-order chi connectivity index (χ0) is 13.7. The molecular formula is C13H17ClN2O2. The van der Waals surface area contributed by atoms with E-state index in [1.165, 1.54) is 6.07 Å². The predicted molar refractivity (Wildman–Crippen MR) is 72.7 cm³/mol. The minimum Gasteiger partial charge on any atom is -0.366 e. The maximum atomic E-state index is 11.8. The topological polar surface area (TPSA) is 72.2 Å². The van der Waals surface area contributed by atoms with Gasteiger partial charge in [-0.25, -0.2) is 0 Å². The van der Waals surface area contributed by atoms with Gasteiger partial charge in [-0.1, -0.05) is 31.9 Å². The molecule has 98 valence electrons. The van der Waals surface area contributed by atoms with Crippen LogP contribution in [0.4, 0.5) is 5.69 Å². The summed E-state index contributed by atoms with van der Waals surface area (Å²) < 4.78 is 0. The summed E-state index contributed by atoms with van der Waals surface area (Å²) in [6, 6.07) is 4.67. The highest BCUT2D eigenvalue weighted by atomic mass is 35.5. The van der Waals surface area contributed by atoms with Gasteiger partial charge in [0.25, 0.3) is 0 Å². The highest BCUT2D eigenvalue weighted by Crippen LogP contribution is 2.21. The van der Waals surface area contributed by atoms with Crippen LogP contribution in [-0.4, -0.2) is 11.8 Å². The molecule has 0 heterocycles. The van der Waals surface area contributed by atoms with E-state index in [1.54, 1.807) is 12.1 Å². The van der Waals surface area contributed by atoms with Crippen molar-refractivity contribution in [1.82, 2.24) is 0 Å². The number of nitrogens with one attached hydrogen (secondary N) is 1. The lowest BCUT2D eigenvalue weighted by Gasteiger charge is -2.12. The molecule has 0 radical (unpaired) electrons. The van der Waals surface area contributed by atoms with Crippen LogP contribution in [0.2, 0.25) is 5.02 Å². The SMILES string of the molecule is CCCC(C)C(=O)Nc1ccc(Cl)c(C(N)=O)c1. The molecule has 0 spiro atoms. The Morgan fingerprint density at radius 3 is 2.67 bits per heavy atom. The van der Waals surface area contributed by atoms with Gasteiger partial charge in [0, 0.05) is 11.6 Å². The number of primary amides is 1. The number of carbonyl (C=O) groups is 2. The van der Waals surface area contributed by atoms with Crippen molar-refractivity contribution in [3.05, 3.63) is 28.8 Å². The van der Waals surface area contributed by atoms with Crippen LogP contribution in [0, 0.1) is 5.92 Å². The second kappa shape index (κ2) is 6.40. The lowest BCUT2D eigenvalue weighted by molar-refractivity contribution is -0.119. The molecule has 1 aromatic carbocycles. The summed E-state index contributed by atoms with van der Waals surface area (Å²) in [5.74, 6) is -0.755. The maximum absolute atomic E-state index is 11.8. The molecule has 5 heteroatoms. The van der Waals surface area contributed by atoms with Gasteiger partial charge in [-0.05, 0) is 24.6 Å². The van der Waals surface area contributed by atoms with Crippen molar-refractivity contribution in [3.63, 3.8) is 0 Å². The maximum Gasteiger partial charge on any atom is 0.250 e. The fourth-order valence-corrected chi connectivity index (χ4v) is 1.83. The summed E-state index contributed by atoms with van der Waals surface area (Å²) in [4.78, 5) is 22.9. The molecule has 0 saturated heterocycles. The van der Waals surface area contributed by atoms with Crippen LogP contribution < -0.4 is 11.1 Å². The molecule has 1 aromatic rings. The van der Waals surface area contributed by atoms with Crippen LogP contribution in [0.1, 0.15) is 37.0 Å². The van der Waals surface area contributed by atoms with Crippen molar-refractivity contribution < 1.29 is 9.59 Å². The molecule has 0 fully saturated rings. The molecular weight excluding hydrogens is 252 g/mol. The van der Waals surface area contributed by atoms with Crippen molar-refractivity contribution in [2.45, 2.75) is 26.7 Å². The Morgan fingerprint density at radius 1 is 1.44 bits per heavy atom. The Labute approximate surface area is 112 Å². The summed E-state index contributed by atoms with van der Waals surface area (Å²) in [5.41, 5.74) is 5.92. The third-order valence-corrected chi connectivity index (χ3v) is 3.00. The van der Waals surface area contributed by atoms with Gasteiger partial charge < -0.3 is 11.1 Å². The van der Waals surface area contributed by atoms with Gasteiger partial charge in [0.1, 0.15) is 0 Å². The lowest BCUT2D eigenvalue weighted by Crippen LogP contribution is -2.20. The first kappa shape index (κ1) is 14.5.